The van der Waals surface area contributed by atoms with Crippen LogP contribution in [0, 0.1) is 6.92 Å². The van der Waals surface area contributed by atoms with Gasteiger partial charge in [0.15, 0.2) is 5.16 Å². The molecule has 40 heavy (non-hydrogen) atoms. The number of amides is 1. The number of nitrogens with zero attached hydrogens (tertiary/aromatic N) is 2. The van der Waals surface area contributed by atoms with E-state index in [1.807, 2.05) is 37.3 Å². The Balaban J connectivity index is 1.43. The van der Waals surface area contributed by atoms with Crippen LogP contribution in [-0.2, 0) is 16.6 Å². The van der Waals surface area contributed by atoms with Gasteiger partial charge >= 0.3 is 0 Å². The third-order valence-electron chi connectivity index (χ3n) is 8.19. The molecule has 1 spiro atoms. The van der Waals surface area contributed by atoms with E-state index < -0.39 is 0 Å². The van der Waals surface area contributed by atoms with Crippen molar-refractivity contribution in [3.8, 4) is 22.7 Å². The van der Waals surface area contributed by atoms with Gasteiger partial charge in [0.25, 0.3) is 5.56 Å². The van der Waals surface area contributed by atoms with E-state index in [-0.39, 0.29) is 22.6 Å². The summed E-state index contributed by atoms with van der Waals surface area (Å²) in [5, 5.41) is 3.47. The lowest BCUT2D eigenvalue weighted by molar-refractivity contribution is -0.113. The molecule has 0 atom stereocenters. The van der Waals surface area contributed by atoms with Crippen molar-refractivity contribution in [3.05, 3.63) is 99.8 Å². The van der Waals surface area contributed by atoms with Crippen LogP contribution in [0.3, 0.4) is 0 Å². The molecule has 1 aromatic heterocycles. The first-order valence-electron chi connectivity index (χ1n) is 13.9. The fourth-order valence-corrected chi connectivity index (χ4v) is 7.01. The van der Waals surface area contributed by atoms with Crippen molar-refractivity contribution in [2.24, 2.45) is 0 Å². The Morgan fingerprint density at radius 1 is 1.00 bits per heavy atom. The van der Waals surface area contributed by atoms with E-state index >= 15 is 0 Å². The maximum Gasteiger partial charge on any atom is 0.263 e. The van der Waals surface area contributed by atoms with Crippen molar-refractivity contribution in [1.29, 1.82) is 0 Å². The second-order valence-electron chi connectivity index (χ2n) is 10.8. The van der Waals surface area contributed by atoms with E-state index in [2.05, 4.69) is 23.5 Å². The van der Waals surface area contributed by atoms with Gasteiger partial charge in [0.05, 0.1) is 29.8 Å². The molecule has 1 N–H and O–H groups in total. The highest BCUT2D eigenvalue weighted by Gasteiger charge is 2.43. The second kappa shape index (κ2) is 11.0. The lowest BCUT2D eigenvalue weighted by atomic mass is 9.62. The summed E-state index contributed by atoms with van der Waals surface area (Å²) >= 11 is 1.29. The molecule has 0 radical (unpaired) electrons. The molecule has 7 heteroatoms. The van der Waals surface area contributed by atoms with Crippen LogP contribution in [0.4, 0.5) is 5.69 Å². The van der Waals surface area contributed by atoms with Crippen LogP contribution in [-0.4, -0.2) is 28.3 Å². The first-order valence-corrected chi connectivity index (χ1v) is 14.9. The number of carbonyl (C=O) groups is 1. The SMILES string of the molecule is COc1ccc(NC(=O)CSc2nc3c(c(=O)n2-c2ccc(C)cc2)C2(CCCCC2)Cc2ccccc2-3)cc1. The van der Waals surface area contributed by atoms with Crippen LogP contribution in [0.15, 0.2) is 82.7 Å². The third-order valence-corrected chi connectivity index (χ3v) is 9.13. The number of aromatic nitrogens is 2. The number of anilines is 1. The van der Waals surface area contributed by atoms with Gasteiger partial charge in [-0.15, -0.1) is 0 Å². The number of ether oxygens (including phenoxy) is 1. The summed E-state index contributed by atoms with van der Waals surface area (Å²) in [5.41, 5.74) is 6.29. The minimum Gasteiger partial charge on any atom is -0.497 e. The van der Waals surface area contributed by atoms with Crippen molar-refractivity contribution in [3.63, 3.8) is 0 Å². The highest BCUT2D eigenvalue weighted by Crippen LogP contribution is 2.49. The molecule has 6 rings (SSSR count). The van der Waals surface area contributed by atoms with E-state index in [1.54, 1.807) is 35.9 Å². The fourth-order valence-electron chi connectivity index (χ4n) is 6.21. The zero-order valence-electron chi connectivity index (χ0n) is 22.9. The van der Waals surface area contributed by atoms with Crippen molar-refractivity contribution >= 4 is 23.4 Å². The number of benzene rings is 3. The number of nitrogens with one attached hydrogen (secondary N) is 1. The van der Waals surface area contributed by atoms with Gasteiger partial charge in [-0.2, -0.15) is 0 Å². The van der Waals surface area contributed by atoms with Gasteiger partial charge in [-0.1, -0.05) is 73.0 Å². The van der Waals surface area contributed by atoms with Gasteiger partial charge in [-0.3, -0.25) is 14.2 Å². The topological polar surface area (TPSA) is 73.2 Å². The van der Waals surface area contributed by atoms with E-state index in [1.165, 1.54) is 23.7 Å². The Bertz CT molecular complexity index is 1600. The normalized spacial score (nSPS) is 15.2. The van der Waals surface area contributed by atoms with Crippen LogP contribution < -0.4 is 15.6 Å². The molecule has 2 aliphatic rings. The van der Waals surface area contributed by atoms with E-state index in [9.17, 15) is 9.59 Å². The molecule has 2 aliphatic carbocycles. The predicted molar refractivity (Wildman–Crippen MR) is 161 cm³/mol. The lowest BCUT2D eigenvalue weighted by Crippen LogP contribution is -2.43. The molecular weight excluding hydrogens is 518 g/mol. The summed E-state index contributed by atoms with van der Waals surface area (Å²) in [6.07, 6.45) is 6.31. The fraction of sp³-hybridized carbons (Fsp3) is 0.303. The van der Waals surface area contributed by atoms with Crippen LogP contribution in [0.25, 0.3) is 16.9 Å². The molecule has 1 saturated carbocycles. The maximum absolute atomic E-state index is 14.6. The molecule has 1 amide bonds. The van der Waals surface area contributed by atoms with Crippen molar-refractivity contribution in [1.82, 2.24) is 9.55 Å². The highest BCUT2D eigenvalue weighted by molar-refractivity contribution is 7.99. The van der Waals surface area contributed by atoms with Gasteiger partial charge in [0, 0.05) is 16.7 Å². The number of fused-ring (bicyclic) bond motifs is 4. The van der Waals surface area contributed by atoms with Gasteiger partial charge in [0.2, 0.25) is 5.91 Å². The Hall–Kier alpha value is -3.84. The second-order valence-corrected chi connectivity index (χ2v) is 11.8. The zero-order chi connectivity index (χ0) is 27.7. The molecule has 4 aromatic rings. The standard InChI is InChI=1S/C33H33N3O3S/c1-22-10-14-25(15-11-22)36-31(38)29-30(27-9-5-4-8-23(27)20-33(29)18-6-3-7-19-33)35-32(36)40-21-28(37)34-24-12-16-26(39-2)17-13-24/h4-5,8-17H,3,6-7,18-21H2,1-2H3,(H,34,37). The summed E-state index contributed by atoms with van der Waals surface area (Å²) in [4.78, 5) is 32.8. The summed E-state index contributed by atoms with van der Waals surface area (Å²) in [6, 6.07) is 23.5. The highest BCUT2D eigenvalue weighted by atomic mass is 32.2. The van der Waals surface area contributed by atoms with E-state index in [0.29, 0.717) is 10.8 Å². The maximum atomic E-state index is 14.6. The summed E-state index contributed by atoms with van der Waals surface area (Å²) in [5.74, 6) is 0.682. The van der Waals surface area contributed by atoms with Gasteiger partial charge in [-0.05, 0) is 68.1 Å². The zero-order valence-corrected chi connectivity index (χ0v) is 23.7. The Morgan fingerprint density at radius 3 is 2.45 bits per heavy atom. The molecule has 0 unspecified atom stereocenters. The largest absolute Gasteiger partial charge is 0.497 e. The van der Waals surface area contributed by atoms with Crippen molar-refractivity contribution in [2.75, 3.05) is 18.2 Å². The van der Waals surface area contributed by atoms with Crippen molar-refractivity contribution < 1.29 is 9.53 Å². The van der Waals surface area contributed by atoms with E-state index in [0.717, 1.165) is 65.9 Å². The average molecular weight is 552 g/mol. The Morgan fingerprint density at radius 2 is 1.73 bits per heavy atom. The van der Waals surface area contributed by atoms with Gasteiger partial charge in [-0.25, -0.2) is 4.98 Å². The number of methoxy groups -OCH3 is 1. The quantitative estimate of drug-likeness (QED) is 0.213. The number of thioether (sulfide) groups is 1. The first kappa shape index (κ1) is 26.4. The number of hydrogen-bond acceptors (Lipinski definition) is 5. The minimum atomic E-state index is -0.201. The molecule has 1 heterocycles. The molecule has 6 nitrogen and oxygen atoms in total. The molecule has 1 fully saturated rings. The van der Waals surface area contributed by atoms with Crippen LogP contribution in [0.2, 0.25) is 0 Å². The monoisotopic (exact) mass is 551 g/mol. The Labute approximate surface area is 238 Å². The first-order chi connectivity index (χ1) is 19.5. The average Bonchev–Trinajstić information content (AvgIpc) is 2.97. The van der Waals surface area contributed by atoms with Crippen LogP contribution >= 0.6 is 11.8 Å². The molecular formula is C33H33N3O3S. The number of carbonyl (C=O) groups excluding carboxylic acids is 1. The minimum absolute atomic E-state index is 0.0108. The number of hydrogen-bond donors (Lipinski definition) is 1. The van der Waals surface area contributed by atoms with Crippen LogP contribution in [0.5, 0.6) is 5.75 Å². The van der Waals surface area contributed by atoms with Gasteiger partial charge in [0.1, 0.15) is 5.75 Å². The van der Waals surface area contributed by atoms with E-state index in [4.69, 9.17) is 9.72 Å². The molecule has 0 bridgehead atoms. The summed E-state index contributed by atoms with van der Waals surface area (Å²) in [6.45, 7) is 2.03. The Kier molecular flexibility index (Phi) is 7.24. The molecule has 3 aromatic carbocycles. The smallest absolute Gasteiger partial charge is 0.263 e. The molecule has 204 valence electrons. The summed E-state index contributed by atoms with van der Waals surface area (Å²) < 4.78 is 6.94. The third kappa shape index (κ3) is 4.94. The number of rotatable bonds is 6. The van der Waals surface area contributed by atoms with Gasteiger partial charge < -0.3 is 10.1 Å². The number of aryl methyl sites for hydroxylation is 1. The van der Waals surface area contributed by atoms with Crippen molar-refractivity contribution in [2.45, 2.75) is 56.0 Å². The molecule has 0 saturated heterocycles. The molecule has 0 aliphatic heterocycles. The lowest BCUT2D eigenvalue weighted by Gasteiger charge is -2.42. The predicted octanol–water partition coefficient (Wildman–Crippen LogP) is 6.71. The summed E-state index contributed by atoms with van der Waals surface area (Å²) in [7, 11) is 1.61. The van der Waals surface area contributed by atoms with Crippen LogP contribution in [0.1, 0.15) is 48.8 Å².